The zero-order valence-corrected chi connectivity index (χ0v) is 17.8. The van der Waals surface area contributed by atoms with Gasteiger partial charge in [-0.05, 0) is 56.4 Å². The fourth-order valence-electron chi connectivity index (χ4n) is 4.17. The molecule has 1 heterocycles. The minimum absolute atomic E-state index is 0.0214. The van der Waals surface area contributed by atoms with Gasteiger partial charge in [-0.25, -0.2) is 12.8 Å². The van der Waals surface area contributed by atoms with Crippen LogP contribution in [0.3, 0.4) is 0 Å². The summed E-state index contributed by atoms with van der Waals surface area (Å²) in [5, 5.41) is 0.190. The van der Waals surface area contributed by atoms with Gasteiger partial charge in [-0.15, -0.1) is 0 Å². The smallest absolute Gasteiger partial charge is 0.387 e. The molecule has 32 heavy (non-hydrogen) atoms. The molecular weight excluding hydrogens is 443 g/mol. The van der Waals surface area contributed by atoms with E-state index in [0.29, 0.717) is 40.7 Å². The monoisotopic (exact) mass is 465 g/mol. The third-order valence-electron chi connectivity index (χ3n) is 6.14. The fourth-order valence-corrected chi connectivity index (χ4v) is 5.57. The maximum absolute atomic E-state index is 14.9. The van der Waals surface area contributed by atoms with Gasteiger partial charge in [0.25, 0.3) is 0 Å². The molecule has 2 saturated carbocycles. The summed E-state index contributed by atoms with van der Waals surface area (Å²) in [5.74, 6) is -0.689. The molecule has 0 radical (unpaired) electrons. The van der Waals surface area contributed by atoms with Gasteiger partial charge < -0.3 is 15.0 Å². The second-order valence-electron chi connectivity index (χ2n) is 8.32. The van der Waals surface area contributed by atoms with Crippen molar-refractivity contribution in [2.45, 2.75) is 50.0 Å². The van der Waals surface area contributed by atoms with Crippen LogP contribution >= 0.6 is 0 Å². The van der Waals surface area contributed by atoms with Crippen molar-refractivity contribution in [2.24, 2.45) is 0 Å². The normalized spacial score (nSPS) is 17.0. The Morgan fingerprint density at radius 3 is 2.44 bits per heavy atom. The number of nitrogens with one attached hydrogen (secondary N) is 1. The molecule has 3 aromatic rings. The number of hydrogen-bond acceptors (Lipinski definition) is 4. The molecule has 0 spiro atoms. The molecule has 0 saturated heterocycles. The highest BCUT2D eigenvalue weighted by Gasteiger charge is 2.36. The predicted octanol–water partition coefficient (Wildman–Crippen LogP) is 5.26. The Morgan fingerprint density at radius 2 is 1.84 bits per heavy atom. The summed E-state index contributed by atoms with van der Waals surface area (Å²) < 4.78 is 73.5. The number of fused-ring (bicyclic) bond motifs is 1. The Kier molecular flexibility index (Phi) is 4.99. The molecule has 5 rings (SSSR count). The van der Waals surface area contributed by atoms with Crippen LogP contribution in [0.2, 0.25) is 0 Å². The summed E-state index contributed by atoms with van der Waals surface area (Å²) in [5.41, 5.74) is 8.42. The molecule has 0 amide bonds. The molecule has 10 heteroatoms. The Bertz CT molecular complexity index is 1300. The van der Waals surface area contributed by atoms with E-state index in [2.05, 4.69) is 9.46 Å². The highest BCUT2D eigenvalue weighted by Crippen LogP contribution is 2.45. The summed E-state index contributed by atoms with van der Waals surface area (Å²) in [6.07, 6.45) is 3.94. The number of hydrogen-bond donors (Lipinski definition) is 2. The third-order valence-corrected chi connectivity index (χ3v) is 7.99. The lowest BCUT2D eigenvalue weighted by atomic mass is 9.92. The van der Waals surface area contributed by atoms with Gasteiger partial charge in [-0.3, -0.25) is 4.72 Å². The molecule has 2 aliphatic carbocycles. The number of nitrogens with zero attached hydrogens (tertiary/aromatic N) is 1. The number of ether oxygens (including phenoxy) is 1. The van der Waals surface area contributed by atoms with Gasteiger partial charge in [0.05, 0.1) is 27.8 Å². The largest absolute Gasteiger partial charge is 0.435 e. The summed E-state index contributed by atoms with van der Waals surface area (Å²) in [4.78, 5) is 0. The van der Waals surface area contributed by atoms with Crippen molar-refractivity contribution in [3.63, 3.8) is 0 Å². The minimum Gasteiger partial charge on any atom is -0.435 e. The number of sulfonamides is 1. The fraction of sp³-hybridized carbons (Fsp3) is 0.364. The van der Waals surface area contributed by atoms with Crippen LogP contribution in [0.4, 0.5) is 24.5 Å². The highest BCUT2D eigenvalue weighted by atomic mass is 32.2. The molecule has 0 unspecified atom stereocenters. The van der Waals surface area contributed by atoms with Crippen LogP contribution in [0.5, 0.6) is 5.75 Å². The molecule has 2 fully saturated rings. The van der Waals surface area contributed by atoms with Crippen LogP contribution < -0.4 is 15.2 Å². The van der Waals surface area contributed by atoms with Crippen LogP contribution in [0.15, 0.2) is 36.4 Å². The quantitative estimate of drug-likeness (QED) is 0.498. The van der Waals surface area contributed by atoms with Crippen molar-refractivity contribution in [3.8, 4) is 17.0 Å². The Hall–Kier alpha value is -2.88. The molecule has 6 nitrogen and oxygen atoms in total. The number of anilines is 2. The first-order valence-electron chi connectivity index (χ1n) is 10.4. The predicted molar refractivity (Wildman–Crippen MR) is 117 cm³/mol. The summed E-state index contributed by atoms with van der Waals surface area (Å²) in [7, 11) is -3.60. The van der Waals surface area contributed by atoms with Crippen LogP contribution in [-0.2, 0) is 10.0 Å². The standard InChI is InChI=1S/C22H22F3N3O3S/c23-17-10-12(4-9-18(17)27-32(29,30)15-6-7-15)21-20(26)16-8-5-14(31-22(24)25)11-19(16)28(21)13-2-1-3-13/h4-5,8-11,13,15,22,27H,1-3,6-7,26H2. The van der Waals surface area contributed by atoms with E-state index >= 15 is 0 Å². The van der Waals surface area contributed by atoms with E-state index in [1.807, 2.05) is 4.57 Å². The van der Waals surface area contributed by atoms with Gasteiger partial charge in [0.15, 0.2) is 0 Å². The van der Waals surface area contributed by atoms with Gasteiger partial charge >= 0.3 is 6.61 Å². The molecule has 2 aromatic carbocycles. The number of aromatic nitrogens is 1. The SMILES string of the molecule is Nc1c(-c2ccc(NS(=O)(=O)C3CC3)c(F)c2)n(C2CCC2)c2cc(OC(F)F)ccc12. The molecule has 0 atom stereocenters. The minimum atomic E-state index is -3.60. The molecule has 0 aliphatic heterocycles. The maximum atomic E-state index is 14.9. The lowest BCUT2D eigenvalue weighted by Crippen LogP contribution is -2.19. The summed E-state index contributed by atoms with van der Waals surface area (Å²) in [6, 6.07) is 8.92. The number of benzene rings is 2. The van der Waals surface area contributed by atoms with Crippen molar-refractivity contribution >= 4 is 32.3 Å². The van der Waals surface area contributed by atoms with Gasteiger partial charge in [0, 0.05) is 23.1 Å². The Balaban J connectivity index is 1.60. The first-order chi connectivity index (χ1) is 15.2. The van der Waals surface area contributed by atoms with Crippen molar-refractivity contribution in [2.75, 3.05) is 10.5 Å². The van der Waals surface area contributed by atoms with Gasteiger partial charge in [0.1, 0.15) is 11.6 Å². The van der Waals surface area contributed by atoms with Crippen molar-refractivity contribution < 1.29 is 26.3 Å². The average Bonchev–Trinajstić information content (AvgIpc) is 3.50. The second kappa shape index (κ2) is 7.61. The van der Waals surface area contributed by atoms with E-state index in [9.17, 15) is 21.6 Å². The first-order valence-corrected chi connectivity index (χ1v) is 12.0. The zero-order chi connectivity index (χ0) is 22.6. The van der Waals surface area contributed by atoms with Gasteiger partial charge in [-0.2, -0.15) is 8.78 Å². The van der Waals surface area contributed by atoms with Gasteiger partial charge in [0.2, 0.25) is 10.0 Å². The zero-order valence-electron chi connectivity index (χ0n) is 17.0. The van der Waals surface area contributed by atoms with Crippen molar-refractivity contribution in [1.29, 1.82) is 0 Å². The number of alkyl halides is 2. The summed E-state index contributed by atoms with van der Waals surface area (Å²) in [6.45, 7) is -2.95. The number of halogens is 3. The molecular formula is C22H22F3N3O3S. The van der Waals surface area contributed by atoms with Crippen molar-refractivity contribution in [1.82, 2.24) is 4.57 Å². The van der Waals surface area contributed by atoms with Gasteiger partial charge in [-0.1, -0.05) is 6.07 Å². The van der Waals surface area contributed by atoms with E-state index < -0.39 is 27.7 Å². The molecule has 1 aromatic heterocycles. The van der Waals surface area contributed by atoms with Crippen LogP contribution in [-0.4, -0.2) is 24.8 Å². The maximum Gasteiger partial charge on any atom is 0.387 e. The average molecular weight is 465 g/mol. The topological polar surface area (TPSA) is 86.4 Å². The Morgan fingerprint density at radius 1 is 1.09 bits per heavy atom. The summed E-state index contributed by atoms with van der Waals surface area (Å²) >= 11 is 0. The molecule has 2 aliphatic rings. The number of nitrogens with two attached hydrogens (primary N) is 1. The lowest BCUT2D eigenvalue weighted by molar-refractivity contribution is -0.0497. The molecule has 3 N–H and O–H groups in total. The molecule has 0 bridgehead atoms. The van der Waals surface area contributed by atoms with E-state index in [1.54, 1.807) is 12.1 Å². The number of rotatable bonds is 7. The number of nitrogen functional groups attached to an aromatic ring is 1. The van der Waals surface area contributed by atoms with E-state index in [4.69, 9.17) is 5.73 Å². The second-order valence-corrected chi connectivity index (χ2v) is 10.3. The van der Waals surface area contributed by atoms with Crippen LogP contribution in [0.25, 0.3) is 22.2 Å². The third kappa shape index (κ3) is 3.66. The van der Waals surface area contributed by atoms with E-state index in [0.717, 1.165) is 19.3 Å². The van der Waals surface area contributed by atoms with Crippen LogP contribution in [0, 0.1) is 5.82 Å². The van der Waals surface area contributed by atoms with Crippen molar-refractivity contribution in [3.05, 3.63) is 42.2 Å². The Labute approximate surface area is 183 Å². The molecule has 170 valence electrons. The lowest BCUT2D eigenvalue weighted by Gasteiger charge is -2.30. The first kappa shape index (κ1) is 21.0. The van der Waals surface area contributed by atoms with E-state index in [-0.39, 0.29) is 17.5 Å². The highest BCUT2D eigenvalue weighted by molar-refractivity contribution is 7.93. The van der Waals surface area contributed by atoms with E-state index in [1.165, 1.54) is 24.3 Å². The van der Waals surface area contributed by atoms with Crippen LogP contribution in [0.1, 0.15) is 38.1 Å².